The number of likely N-dealkylation sites (N-methyl/N-ethyl adjacent to an activating group) is 1. The molecule has 138 valence electrons. The van der Waals surface area contributed by atoms with Gasteiger partial charge in [-0.05, 0) is 31.5 Å². The lowest BCUT2D eigenvalue weighted by Gasteiger charge is -2.36. The largest absolute Gasteiger partial charge is 0.383 e. The maximum absolute atomic E-state index is 12.8. The van der Waals surface area contributed by atoms with Crippen molar-refractivity contribution in [2.75, 3.05) is 63.2 Å². The average Bonchev–Trinajstić information content (AvgIpc) is 3.11. The summed E-state index contributed by atoms with van der Waals surface area (Å²) in [6, 6.07) is 8.30. The minimum Gasteiger partial charge on any atom is -0.383 e. The van der Waals surface area contributed by atoms with Gasteiger partial charge in [-0.25, -0.2) is 4.79 Å². The summed E-state index contributed by atoms with van der Waals surface area (Å²) in [6.45, 7) is 8.85. The Morgan fingerprint density at radius 3 is 2.68 bits per heavy atom. The van der Waals surface area contributed by atoms with Crippen LogP contribution in [0.5, 0.6) is 0 Å². The van der Waals surface area contributed by atoms with Crippen LogP contribution < -0.4 is 10.2 Å². The molecule has 25 heavy (non-hydrogen) atoms. The van der Waals surface area contributed by atoms with Crippen molar-refractivity contribution in [2.45, 2.75) is 25.8 Å². The first-order valence-electron chi connectivity index (χ1n) is 9.35. The molecule has 2 fully saturated rings. The number of rotatable bonds is 5. The maximum Gasteiger partial charge on any atom is 0.322 e. The van der Waals surface area contributed by atoms with Gasteiger partial charge in [0.2, 0.25) is 0 Å². The molecule has 2 aliphatic rings. The molecule has 1 atom stereocenters. The van der Waals surface area contributed by atoms with Crippen LogP contribution in [0.1, 0.15) is 19.8 Å². The Bertz CT molecular complexity index is 572. The minimum atomic E-state index is -0.0146. The zero-order valence-electron chi connectivity index (χ0n) is 15.4. The van der Waals surface area contributed by atoms with Crippen LogP contribution in [0.15, 0.2) is 24.3 Å². The van der Waals surface area contributed by atoms with Gasteiger partial charge in [-0.3, -0.25) is 0 Å². The maximum atomic E-state index is 12.8. The molecule has 2 heterocycles. The molecular weight excluding hydrogens is 316 g/mol. The third-order valence-electron chi connectivity index (χ3n) is 5.30. The molecule has 0 aliphatic carbocycles. The van der Waals surface area contributed by atoms with E-state index in [4.69, 9.17) is 4.74 Å². The first-order valence-corrected chi connectivity index (χ1v) is 9.35. The third-order valence-corrected chi connectivity index (χ3v) is 5.30. The summed E-state index contributed by atoms with van der Waals surface area (Å²) >= 11 is 0. The molecule has 0 aromatic heterocycles. The van der Waals surface area contributed by atoms with Gasteiger partial charge >= 0.3 is 6.03 Å². The molecule has 6 heteroatoms. The van der Waals surface area contributed by atoms with E-state index in [-0.39, 0.29) is 12.1 Å². The van der Waals surface area contributed by atoms with Gasteiger partial charge in [-0.1, -0.05) is 19.1 Å². The Morgan fingerprint density at radius 1 is 1.20 bits per heavy atom. The van der Waals surface area contributed by atoms with E-state index < -0.39 is 0 Å². The van der Waals surface area contributed by atoms with Crippen molar-refractivity contribution < 1.29 is 9.53 Å². The van der Waals surface area contributed by atoms with E-state index in [1.807, 2.05) is 23.1 Å². The van der Waals surface area contributed by atoms with Crippen LogP contribution in [0, 0.1) is 0 Å². The number of likely N-dealkylation sites (tertiary alicyclic amines) is 1. The van der Waals surface area contributed by atoms with Gasteiger partial charge in [0, 0.05) is 39.8 Å². The van der Waals surface area contributed by atoms with Gasteiger partial charge in [-0.15, -0.1) is 0 Å². The van der Waals surface area contributed by atoms with E-state index in [1.54, 1.807) is 7.11 Å². The normalized spacial score (nSPS) is 21.6. The number of hydrogen-bond acceptors (Lipinski definition) is 4. The number of hydrogen-bond donors (Lipinski definition) is 1. The van der Waals surface area contributed by atoms with Crippen LogP contribution in [0.2, 0.25) is 0 Å². The Morgan fingerprint density at radius 2 is 1.96 bits per heavy atom. The highest BCUT2D eigenvalue weighted by atomic mass is 16.5. The van der Waals surface area contributed by atoms with Gasteiger partial charge in [0.1, 0.15) is 0 Å². The molecule has 2 amide bonds. The third kappa shape index (κ3) is 4.25. The lowest BCUT2D eigenvalue weighted by atomic mass is 10.2. The minimum absolute atomic E-state index is 0.0146. The second kappa shape index (κ2) is 8.54. The Kier molecular flexibility index (Phi) is 6.15. The van der Waals surface area contributed by atoms with Crippen LogP contribution in [0.25, 0.3) is 0 Å². The van der Waals surface area contributed by atoms with E-state index in [1.165, 1.54) is 0 Å². The molecule has 2 saturated heterocycles. The van der Waals surface area contributed by atoms with Gasteiger partial charge in [-0.2, -0.15) is 0 Å². The van der Waals surface area contributed by atoms with Gasteiger partial charge in [0.05, 0.1) is 24.0 Å². The summed E-state index contributed by atoms with van der Waals surface area (Å²) in [5, 5.41) is 3.14. The molecule has 0 saturated carbocycles. The highest BCUT2D eigenvalue weighted by Gasteiger charge is 2.29. The topological polar surface area (TPSA) is 48.0 Å². The highest BCUT2D eigenvalue weighted by Crippen LogP contribution is 2.28. The number of nitrogens with zero attached hydrogens (tertiary/aromatic N) is 3. The first-order chi connectivity index (χ1) is 12.2. The predicted octanol–water partition coefficient (Wildman–Crippen LogP) is 2.47. The van der Waals surface area contributed by atoms with Crippen LogP contribution in [0.4, 0.5) is 16.2 Å². The Hall–Kier alpha value is -1.79. The van der Waals surface area contributed by atoms with Crippen molar-refractivity contribution in [3.63, 3.8) is 0 Å². The van der Waals surface area contributed by atoms with Gasteiger partial charge < -0.3 is 24.8 Å². The van der Waals surface area contributed by atoms with E-state index in [0.29, 0.717) is 6.61 Å². The van der Waals surface area contributed by atoms with Crippen LogP contribution in [-0.4, -0.2) is 74.9 Å². The van der Waals surface area contributed by atoms with Crippen molar-refractivity contribution in [3.8, 4) is 0 Å². The monoisotopic (exact) mass is 346 g/mol. The molecule has 1 aromatic carbocycles. The van der Waals surface area contributed by atoms with Crippen molar-refractivity contribution in [3.05, 3.63) is 24.3 Å². The number of piperazine rings is 1. The van der Waals surface area contributed by atoms with E-state index in [2.05, 4.69) is 28.1 Å². The molecule has 6 nitrogen and oxygen atoms in total. The SMILES string of the molecule is CCN1CCN(c2ccccc2NC(=O)N2CCC[C@@H]2COC)CC1. The van der Waals surface area contributed by atoms with Crippen molar-refractivity contribution in [1.82, 2.24) is 9.80 Å². The van der Waals surface area contributed by atoms with Crippen LogP contribution >= 0.6 is 0 Å². The summed E-state index contributed by atoms with van der Waals surface area (Å²) in [7, 11) is 1.69. The smallest absolute Gasteiger partial charge is 0.322 e. The molecule has 1 aromatic rings. The number of anilines is 2. The summed E-state index contributed by atoms with van der Waals surface area (Å²) in [5.74, 6) is 0. The molecule has 3 rings (SSSR count). The molecule has 1 N–H and O–H groups in total. The molecule has 0 radical (unpaired) electrons. The van der Waals surface area contributed by atoms with Crippen molar-refractivity contribution in [2.24, 2.45) is 0 Å². The molecular formula is C19H30N4O2. The number of nitrogens with one attached hydrogen (secondary N) is 1. The van der Waals surface area contributed by atoms with Crippen molar-refractivity contribution in [1.29, 1.82) is 0 Å². The zero-order valence-corrected chi connectivity index (χ0v) is 15.4. The first kappa shape index (κ1) is 18.0. The van der Waals surface area contributed by atoms with Crippen molar-refractivity contribution >= 4 is 17.4 Å². The molecule has 0 unspecified atom stereocenters. The number of amides is 2. The number of carbonyl (C=O) groups excluding carboxylic acids is 1. The lowest BCUT2D eigenvalue weighted by molar-refractivity contribution is 0.128. The molecule has 0 bridgehead atoms. The van der Waals surface area contributed by atoms with E-state index in [0.717, 1.165) is 63.5 Å². The quantitative estimate of drug-likeness (QED) is 0.890. The Labute approximate surface area is 150 Å². The predicted molar refractivity (Wildman–Crippen MR) is 101 cm³/mol. The summed E-state index contributed by atoms with van der Waals surface area (Å²) < 4.78 is 5.26. The Balaban J connectivity index is 1.68. The van der Waals surface area contributed by atoms with Gasteiger partial charge in [0.25, 0.3) is 0 Å². The van der Waals surface area contributed by atoms with Gasteiger partial charge in [0.15, 0.2) is 0 Å². The fourth-order valence-electron chi connectivity index (χ4n) is 3.82. The number of methoxy groups -OCH3 is 1. The lowest BCUT2D eigenvalue weighted by Crippen LogP contribution is -2.46. The number of urea groups is 1. The summed E-state index contributed by atoms with van der Waals surface area (Å²) in [4.78, 5) is 19.5. The average molecular weight is 346 g/mol. The molecule has 2 aliphatic heterocycles. The van der Waals surface area contributed by atoms with E-state index >= 15 is 0 Å². The zero-order chi connectivity index (χ0) is 17.6. The number of para-hydroxylation sites is 2. The number of benzene rings is 1. The standard InChI is InChI=1S/C19H30N4O2/c1-3-21-11-13-22(14-12-21)18-9-5-4-8-17(18)20-19(24)23-10-6-7-16(23)15-25-2/h4-5,8-9,16H,3,6-7,10-15H2,1-2H3,(H,20,24)/t16-/m1/s1. The summed E-state index contributed by atoms with van der Waals surface area (Å²) in [5.41, 5.74) is 2.02. The van der Waals surface area contributed by atoms with E-state index in [9.17, 15) is 4.79 Å². The number of carbonyl (C=O) groups is 1. The fourth-order valence-corrected chi connectivity index (χ4v) is 3.82. The summed E-state index contributed by atoms with van der Waals surface area (Å²) in [6.07, 6.45) is 2.06. The molecule has 0 spiro atoms. The highest BCUT2D eigenvalue weighted by molar-refractivity contribution is 5.93. The second-order valence-corrected chi connectivity index (χ2v) is 6.81. The van der Waals surface area contributed by atoms with Crippen LogP contribution in [-0.2, 0) is 4.74 Å². The fraction of sp³-hybridized carbons (Fsp3) is 0.632. The number of ether oxygens (including phenoxy) is 1. The second-order valence-electron chi connectivity index (χ2n) is 6.81. The van der Waals surface area contributed by atoms with Crippen LogP contribution in [0.3, 0.4) is 0 Å².